The molecule has 0 atom stereocenters. The summed E-state index contributed by atoms with van der Waals surface area (Å²) >= 11 is 0. The zero-order chi connectivity index (χ0) is 17.2. The second-order valence-electron chi connectivity index (χ2n) is 5.24. The Balaban J connectivity index is 2.89. The molecule has 0 fully saturated rings. The number of ether oxygens (including phenoxy) is 2. The topological polar surface area (TPSA) is 98.8 Å². The monoisotopic (exact) mass is 323 g/mol. The number of carbonyl (C=O) groups excluding carboxylic acids is 2. The Morgan fingerprint density at radius 3 is 2.17 bits per heavy atom. The minimum Gasteiger partial charge on any atom is -0.507 e. The van der Waals surface area contributed by atoms with Crippen molar-refractivity contribution in [2.24, 2.45) is 5.73 Å². The highest BCUT2D eigenvalue weighted by Crippen LogP contribution is 2.20. The Bertz CT molecular complexity index is 520. The number of carbonyl (C=O) groups is 2. The van der Waals surface area contributed by atoms with Crippen molar-refractivity contribution in [2.75, 3.05) is 13.2 Å². The number of nitrogens with two attached hydrogens (primary N) is 1. The van der Waals surface area contributed by atoms with E-state index in [4.69, 9.17) is 15.2 Å². The molecule has 0 unspecified atom stereocenters. The molecule has 1 rings (SSSR count). The summed E-state index contributed by atoms with van der Waals surface area (Å²) in [5.41, 5.74) is 5.30. The van der Waals surface area contributed by atoms with Crippen LogP contribution in [0.25, 0.3) is 0 Å². The van der Waals surface area contributed by atoms with Crippen molar-refractivity contribution in [3.63, 3.8) is 0 Å². The molecule has 0 heterocycles. The third-order valence-electron chi connectivity index (χ3n) is 3.29. The molecule has 6 heteroatoms. The molecule has 0 aliphatic carbocycles. The zero-order valence-electron chi connectivity index (χ0n) is 13.7. The number of unbranched alkanes of at least 4 members (excludes halogenated alkanes) is 2. The van der Waals surface area contributed by atoms with E-state index in [1.54, 1.807) is 0 Å². The first-order chi connectivity index (χ1) is 11.0. The molecule has 1 amide bonds. The average molecular weight is 323 g/mol. The number of aromatic hydroxyl groups is 1. The van der Waals surface area contributed by atoms with Gasteiger partial charge in [0.25, 0.3) is 5.91 Å². The van der Waals surface area contributed by atoms with Gasteiger partial charge in [0.05, 0.1) is 18.8 Å². The van der Waals surface area contributed by atoms with E-state index in [0.29, 0.717) is 13.2 Å². The molecule has 128 valence electrons. The van der Waals surface area contributed by atoms with Crippen molar-refractivity contribution in [2.45, 2.75) is 45.8 Å². The van der Waals surface area contributed by atoms with Crippen molar-refractivity contribution >= 4 is 11.7 Å². The van der Waals surface area contributed by atoms with Crippen LogP contribution in [0.15, 0.2) is 18.2 Å². The first-order valence-corrected chi connectivity index (χ1v) is 7.91. The highest BCUT2D eigenvalue weighted by Gasteiger charge is 2.23. The first kappa shape index (κ1) is 19.1. The lowest BCUT2D eigenvalue weighted by molar-refractivity contribution is -0.115. The van der Waals surface area contributed by atoms with Gasteiger partial charge in [0.15, 0.2) is 0 Å². The predicted octanol–water partition coefficient (Wildman–Crippen LogP) is 2.63. The van der Waals surface area contributed by atoms with Gasteiger partial charge in [0, 0.05) is 5.56 Å². The van der Waals surface area contributed by atoms with Crippen LogP contribution in [0.1, 0.15) is 60.2 Å². The lowest BCUT2D eigenvalue weighted by Crippen LogP contribution is -2.29. The van der Waals surface area contributed by atoms with Gasteiger partial charge in [-0.05, 0) is 31.0 Å². The van der Waals surface area contributed by atoms with Crippen LogP contribution in [0, 0.1) is 0 Å². The molecule has 1 aromatic carbocycles. The van der Waals surface area contributed by atoms with E-state index in [2.05, 4.69) is 0 Å². The van der Waals surface area contributed by atoms with E-state index < -0.39 is 12.2 Å². The lowest BCUT2D eigenvalue weighted by Gasteiger charge is -2.18. The van der Waals surface area contributed by atoms with Crippen LogP contribution in [0.3, 0.4) is 0 Å². The summed E-state index contributed by atoms with van der Waals surface area (Å²) in [5.74, 6) is -1.45. The third kappa shape index (κ3) is 6.00. The van der Waals surface area contributed by atoms with Gasteiger partial charge in [0.2, 0.25) is 12.1 Å². The lowest BCUT2D eigenvalue weighted by atomic mass is 10.1. The summed E-state index contributed by atoms with van der Waals surface area (Å²) in [5, 5.41) is 9.60. The molecule has 0 aromatic heterocycles. The molecular weight excluding hydrogens is 298 g/mol. The number of hydrogen-bond donors (Lipinski definition) is 2. The Morgan fingerprint density at radius 1 is 1.13 bits per heavy atom. The SMILES string of the molecule is CCCCOC(OCCCC)C(=O)c1ccc(O)c(C(N)=O)c1. The summed E-state index contributed by atoms with van der Waals surface area (Å²) in [6.07, 6.45) is 2.52. The van der Waals surface area contributed by atoms with Gasteiger partial charge in [-0.15, -0.1) is 0 Å². The van der Waals surface area contributed by atoms with Gasteiger partial charge >= 0.3 is 0 Å². The van der Waals surface area contributed by atoms with E-state index in [9.17, 15) is 14.7 Å². The normalized spacial score (nSPS) is 10.9. The number of benzene rings is 1. The summed E-state index contributed by atoms with van der Waals surface area (Å²) in [7, 11) is 0. The van der Waals surface area contributed by atoms with Crippen LogP contribution in [0.4, 0.5) is 0 Å². The van der Waals surface area contributed by atoms with Crippen LogP contribution in [-0.2, 0) is 9.47 Å². The molecule has 23 heavy (non-hydrogen) atoms. The van der Waals surface area contributed by atoms with Crippen molar-refractivity contribution in [3.05, 3.63) is 29.3 Å². The molecule has 0 aliphatic rings. The first-order valence-electron chi connectivity index (χ1n) is 7.91. The number of amides is 1. The summed E-state index contributed by atoms with van der Waals surface area (Å²) in [6, 6.07) is 3.95. The molecule has 0 spiro atoms. The van der Waals surface area contributed by atoms with Gasteiger partial charge in [-0.2, -0.15) is 0 Å². The second kappa shape index (κ2) is 9.97. The van der Waals surface area contributed by atoms with Crippen LogP contribution in [-0.4, -0.2) is 36.3 Å². The van der Waals surface area contributed by atoms with Crippen molar-refractivity contribution in [1.29, 1.82) is 0 Å². The highest BCUT2D eigenvalue weighted by molar-refractivity contribution is 6.02. The number of Topliss-reactive ketones (excluding diaryl/α,β-unsaturated/α-hetero) is 1. The van der Waals surface area contributed by atoms with Crippen molar-refractivity contribution in [1.82, 2.24) is 0 Å². The quantitative estimate of drug-likeness (QED) is 0.370. The number of hydrogen-bond acceptors (Lipinski definition) is 5. The Labute approximate surface area is 136 Å². The molecule has 3 N–H and O–H groups in total. The van der Waals surface area contributed by atoms with Gasteiger partial charge in [0.1, 0.15) is 5.75 Å². The fourth-order valence-electron chi connectivity index (χ4n) is 1.89. The van der Waals surface area contributed by atoms with Crippen LogP contribution in [0.2, 0.25) is 0 Å². The predicted molar refractivity (Wildman–Crippen MR) is 86.5 cm³/mol. The molecule has 6 nitrogen and oxygen atoms in total. The van der Waals surface area contributed by atoms with Crippen LogP contribution < -0.4 is 5.73 Å². The molecular formula is C17H25NO5. The van der Waals surface area contributed by atoms with Crippen LogP contribution in [0.5, 0.6) is 5.75 Å². The molecule has 0 saturated carbocycles. The summed E-state index contributed by atoms with van der Waals surface area (Å²) in [4.78, 5) is 23.8. The van der Waals surface area contributed by atoms with Crippen molar-refractivity contribution in [3.8, 4) is 5.75 Å². The van der Waals surface area contributed by atoms with E-state index >= 15 is 0 Å². The Kier molecular flexibility index (Phi) is 8.29. The third-order valence-corrected chi connectivity index (χ3v) is 3.29. The maximum Gasteiger partial charge on any atom is 0.252 e. The highest BCUT2D eigenvalue weighted by atomic mass is 16.7. The minimum absolute atomic E-state index is 0.100. The minimum atomic E-state index is -1.02. The van der Waals surface area contributed by atoms with E-state index in [1.807, 2.05) is 13.8 Å². The van der Waals surface area contributed by atoms with E-state index in [1.165, 1.54) is 18.2 Å². The van der Waals surface area contributed by atoms with Crippen LogP contribution >= 0.6 is 0 Å². The maximum absolute atomic E-state index is 12.5. The van der Waals surface area contributed by atoms with Gasteiger partial charge in [-0.1, -0.05) is 26.7 Å². The van der Waals surface area contributed by atoms with Crippen molar-refractivity contribution < 1.29 is 24.2 Å². The molecule has 1 aromatic rings. The van der Waals surface area contributed by atoms with Gasteiger partial charge in [-0.25, -0.2) is 0 Å². The molecule has 0 saturated heterocycles. The molecule has 0 aliphatic heterocycles. The number of phenols is 1. The second-order valence-corrected chi connectivity index (χ2v) is 5.24. The molecule has 0 radical (unpaired) electrons. The number of primary amides is 1. The van der Waals surface area contributed by atoms with Gasteiger partial charge in [-0.3, -0.25) is 9.59 Å². The van der Waals surface area contributed by atoms with Gasteiger partial charge < -0.3 is 20.3 Å². The van der Waals surface area contributed by atoms with E-state index in [-0.39, 0.29) is 22.7 Å². The smallest absolute Gasteiger partial charge is 0.252 e. The number of rotatable bonds is 11. The fourth-order valence-corrected chi connectivity index (χ4v) is 1.89. The fraction of sp³-hybridized carbons (Fsp3) is 0.529. The van der Waals surface area contributed by atoms with E-state index in [0.717, 1.165) is 25.7 Å². The zero-order valence-corrected chi connectivity index (χ0v) is 13.7. The Hall–Kier alpha value is -1.92. The largest absolute Gasteiger partial charge is 0.507 e. The molecule has 0 bridgehead atoms. The standard InChI is InChI=1S/C17H25NO5/c1-3-5-9-22-17(23-10-6-4-2)15(20)12-7-8-14(19)13(11-12)16(18)21/h7-8,11,17,19H,3-6,9-10H2,1-2H3,(H2,18,21). The Morgan fingerprint density at radius 2 is 1.70 bits per heavy atom. The average Bonchev–Trinajstić information content (AvgIpc) is 2.53. The summed E-state index contributed by atoms with van der Waals surface area (Å²) in [6.45, 7) is 4.88. The number of ketones is 1. The maximum atomic E-state index is 12.5. The summed E-state index contributed by atoms with van der Waals surface area (Å²) < 4.78 is 11.1.